The number of halogens is 4. The largest absolute Gasteiger partial charge is 0.391 e. The van der Waals surface area contributed by atoms with Gasteiger partial charge in [0.2, 0.25) is 0 Å². The first-order valence-corrected chi connectivity index (χ1v) is 5.50. The molecule has 0 atom stereocenters. The molecule has 0 amide bonds. The summed E-state index contributed by atoms with van der Waals surface area (Å²) in [6.07, 6.45) is -5.07. The minimum atomic E-state index is -4.16. The van der Waals surface area contributed by atoms with Crippen LogP contribution in [-0.4, -0.2) is 25.9 Å². The highest BCUT2D eigenvalue weighted by atomic mass is 35.5. The maximum Gasteiger partial charge on any atom is 0.391 e. The Hall–Kier alpha value is -0.940. The van der Waals surface area contributed by atoms with Crippen LogP contribution in [0, 0.1) is 0 Å². The second kappa shape index (κ2) is 6.71. The van der Waals surface area contributed by atoms with Crippen molar-refractivity contribution in [3.63, 3.8) is 0 Å². The highest BCUT2D eigenvalue weighted by Gasteiger charge is 2.26. The standard InChI is InChI=1S/C11H13ClF3NO/c12-9-3-1-2-4-10(9)16-6-8-17-7-5-11(13,14)15/h1-4,16H,5-8H2. The third-order valence-electron chi connectivity index (χ3n) is 1.97. The summed E-state index contributed by atoms with van der Waals surface area (Å²) in [4.78, 5) is 0. The molecular formula is C11H13ClF3NO. The van der Waals surface area contributed by atoms with Crippen molar-refractivity contribution in [2.45, 2.75) is 12.6 Å². The Morgan fingerprint density at radius 1 is 1.18 bits per heavy atom. The minimum Gasteiger partial charge on any atom is -0.382 e. The topological polar surface area (TPSA) is 21.3 Å². The van der Waals surface area contributed by atoms with Crippen LogP contribution in [0.15, 0.2) is 24.3 Å². The molecule has 0 fully saturated rings. The number of ether oxygens (including phenoxy) is 1. The normalized spacial score (nSPS) is 11.5. The highest BCUT2D eigenvalue weighted by Crippen LogP contribution is 2.20. The molecule has 1 rings (SSSR count). The molecule has 0 bridgehead atoms. The van der Waals surface area contributed by atoms with Gasteiger partial charge in [0.05, 0.1) is 30.3 Å². The van der Waals surface area contributed by atoms with Crippen molar-refractivity contribution in [3.8, 4) is 0 Å². The molecule has 1 N–H and O–H groups in total. The molecule has 0 saturated heterocycles. The van der Waals surface area contributed by atoms with E-state index < -0.39 is 12.6 Å². The number of anilines is 1. The van der Waals surface area contributed by atoms with Crippen molar-refractivity contribution >= 4 is 17.3 Å². The van der Waals surface area contributed by atoms with E-state index in [-0.39, 0.29) is 13.2 Å². The molecule has 6 heteroatoms. The number of rotatable bonds is 6. The van der Waals surface area contributed by atoms with Gasteiger partial charge in [0.15, 0.2) is 0 Å². The van der Waals surface area contributed by atoms with Gasteiger partial charge in [0.25, 0.3) is 0 Å². The van der Waals surface area contributed by atoms with E-state index in [9.17, 15) is 13.2 Å². The SMILES string of the molecule is FC(F)(F)CCOCCNc1ccccc1Cl. The highest BCUT2D eigenvalue weighted by molar-refractivity contribution is 6.33. The van der Waals surface area contributed by atoms with E-state index in [0.29, 0.717) is 11.6 Å². The van der Waals surface area contributed by atoms with E-state index in [1.807, 2.05) is 6.07 Å². The molecule has 2 nitrogen and oxygen atoms in total. The zero-order valence-electron chi connectivity index (χ0n) is 9.06. The molecule has 0 unspecified atom stereocenters. The lowest BCUT2D eigenvalue weighted by Crippen LogP contribution is -2.15. The molecule has 0 aliphatic carbocycles. The molecule has 0 aliphatic rings. The molecule has 0 heterocycles. The van der Waals surface area contributed by atoms with Crippen LogP contribution in [0.2, 0.25) is 5.02 Å². The summed E-state index contributed by atoms with van der Waals surface area (Å²) in [6.45, 7) is 0.316. The quantitative estimate of drug-likeness (QED) is 0.793. The van der Waals surface area contributed by atoms with Crippen LogP contribution >= 0.6 is 11.6 Å². The van der Waals surface area contributed by atoms with Crippen molar-refractivity contribution < 1.29 is 17.9 Å². The van der Waals surface area contributed by atoms with Crippen molar-refractivity contribution in [1.82, 2.24) is 0 Å². The number of para-hydroxylation sites is 1. The first kappa shape index (κ1) is 14.1. The van der Waals surface area contributed by atoms with Crippen LogP contribution in [0.1, 0.15) is 6.42 Å². The summed E-state index contributed by atoms with van der Waals surface area (Å²) in [5.41, 5.74) is 0.744. The summed E-state index contributed by atoms with van der Waals surface area (Å²) in [6, 6.07) is 7.14. The lowest BCUT2D eigenvalue weighted by atomic mass is 10.3. The third-order valence-corrected chi connectivity index (χ3v) is 2.30. The summed E-state index contributed by atoms with van der Waals surface area (Å²) in [7, 11) is 0. The fraction of sp³-hybridized carbons (Fsp3) is 0.455. The molecule has 0 radical (unpaired) electrons. The Labute approximate surface area is 103 Å². The molecule has 17 heavy (non-hydrogen) atoms. The van der Waals surface area contributed by atoms with E-state index >= 15 is 0 Å². The maximum absolute atomic E-state index is 11.8. The lowest BCUT2D eigenvalue weighted by Gasteiger charge is -2.09. The molecule has 0 saturated carbocycles. The predicted octanol–water partition coefficient (Wildman–Crippen LogP) is 3.72. The van der Waals surface area contributed by atoms with Crippen molar-refractivity contribution in [3.05, 3.63) is 29.3 Å². The van der Waals surface area contributed by atoms with E-state index in [4.69, 9.17) is 16.3 Å². The van der Waals surface area contributed by atoms with E-state index in [2.05, 4.69) is 5.32 Å². The predicted molar refractivity (Wildman–Crippen MR) is 61.4 cm³/mol. The van der Waals surface area contributed by atoms with Crippen LogP contribution < -0.4 is 5.32 Å². The minimum absolute atomic E-state index is 0.210. The molecule has 96 valence electrons. The molecule has 1 aromatic carbocycles. The van der Waals surface area contributed by atoms with Gasteiger partial charge in [0, 0.05) is 6.54 Å². The van der Waals surface area contributed by atoms with Gasteiger partial charge in [-0.3, -0.25) is 0 Å². The van der Waals surface area contributed by atoms with E-state index in [0.717, 1.165) is 5.69 Å². The van der Waals surface area contributed by atoms with Gasteiger partial charge in [0.1, 0.15) is 0 Å². The maximum atomic E-state index is 11.8. The Morgan fingerprint density at radius 3 is 2.53 bits per heavy atom. The Morgan fingerprint density at radius 2 is 1.88 bits per heavy atom. The number of benzene rings is 1. The first-order chi connectivity index (χ1) is 7.99. The van der Waals surface area contributed by atoms with Crippen molar-refractivity contribution in [2.24, 2.45) is 0 Å². The second-order valence-corrected chi connectivity index (χ2v) is 3.79. The van der Waals surface area contributed by atoms with Crippen LogP contribution in [0.3, 0.4) is 0 Å². The molecule has 0 spiro atoms. The summed E-state index contributed by atoms with van der Waals surface area (Å²) >= 11 is 5.87. The second-order valence-electron chi connectivity index (χ2n) is 3.38. The monoisotopic (exact) mass is 267 g/mol. The van der Waals surface area contributed by atoms with Crippen LogP contribution in [0.4, 0.5) is 18.9 Å². The van der Waals surface area contributed by atoms with Crippen LogP contribution in [-0.2, 0) is 4.74 Å². The summed E-state index contributed by atoms with van der Waals surface area (Å²) in [5.74, 6) is 0. The first-order valence-electron chi connectivity index (χ1n) is 5.12. The number of hydrogen-bond donors (Lipinski definition) is 1. The van der Waals surface area contributed by atoms with Crippen molar-refractivity contribution in [2.75, 3.05) is 25.1 Å². The fourth-order valence-electron chi connectivity index (χ4n) is 1.15. The Bertz CT molecular complexity index is 344. The Kier molecular flexibility index (Phi) is 5.58. The average Bonchev–Trinajstić information content (AvgIpc) is 2.24. The Balaban J connectivity index is 2.11. The zero-order chi connectivity index (χ0) is 12.7. The van der Waals surface area contributed by atoms with Gasteiger partial charge < -0.3 is 10.1 Å². The fourth-order valence-corrected chi connectivity index (χ4v) is 1.35. The van der Waals surface area contributed by atoms with Gasteiger partial charge in [-0.25, -0.2) is 0 Å². The van der Waals surface area contributed by atoms with Gasteiger partial charge in [-0.1, -0.05) is 23.7 Å². The summed E-state index contributed by atoms with van der Waals surface area (Å²) < 4.78 is 40.2. The molecule has 1 aromatic rings. The third kappa shape index (κ3) is 6.38. The van der Waals surface area contributed by atoms with E-state index in [1.165, 1.54) is 0 Å². The smallest absolute Gasteiger partial charge is 0.382 e. The van der Waals surface area contributed by atoms with Gasteiger partial charge in [-0.2, -0.15) is 13.2 Å². The summed E-state index contributed by atoms with van der Waals surface area (Å²) in [5, 5.41) is 3.54. The van der Waals surface area contributed by atoms with Gasteiger partial charge >= 0.3 is 6.18 Å². The molecular weight excluding hydrogens is 255 g/mol. The lowest BCUT2D eigenvalue weighted by molar-refractivity contribution is -0.144. The number of hydrogen-bond acceptors (Lipinski definition) is 2. The van der Waals surface area contributed by atoms with Crippen LogP contribution in [0.5, 0.6) is 0 Å². The average molecular weight is 268 g/mol. The number of alkyl halides is 3. The zero-order valence-corrected chi connectivity index (χ0v) is 9.81. The molecule has 0 aliphatic heterocycles. The number of nitrogens with one attached hydrogen (secondary N) is 1. The van der Waals surface area contributed by atoms with Gasteiger partial charge in [-0.15, -0.1) is 0 Å². The molecule has 0 aromatic heterocycles. The van der Waals surface area contributed by atoms with Gasteiger partial charge in [-0.05, 0) is 12.1 Å². The van der Waals surface area contributed by atoms with E-state index in [1.54, 1.807) is 18.2 Å². The van der Waals surface area contributed by atoms with Crippen LogP contribution in [0.25, 0.3) is 0 Å². The van der Waals surface area contributed by atoms with Crippen molar-refractivity contribution in [1.29, 1.82) is 0 Å².